The normalized spacial score (nSPS) is 27.1. The van der Waals surface area contributed by atoms with Gasteiger partial charge in [-0.2, -0.15) is 0 Å². The van der Waals surface area contributed by atoms with Gasteiger partial charge >= 0.3 is 0 Å². The first-order valence-electron chi connectivity index (χ1n) is 9.19. The van der Waals surface area contributed by atoms with Crippen molar-refractivity contribution in [3.63, 3.8) is 0 Å². The predicted molar refractivity (Wildman–Crippen MR) is 104 cm³/mol. The van der Waals surface area contributed by atoms with Crippen LogP contribution in [0.25, 0.3) is 0 Å². The van der Waals surface area contributed by atoms with Crippen LogP contribution in [-0.4, -0.2) is 14.1 Å². The van der Waals surface area contributed by atoms with Crippen LogP contribution in [0.2, 0.25) is 19.6 Å². The summed E-state index contributed by atoms with van der Waals surface area (Å²) in [6.07, 6.45) is 2.57. The Hall–Kier alpha value is -0.933. The van der Waals surface area contributed by atoms with Gasteiger partial charge in [0.1, 0.15) is 5.78 Å². The van der Waals surface area contributed by atoms with Crippen molar-refractivity contribution in [1.29, 1.82) is 0 Å². The maximum absolute atomic E-state index is 13.2. The van der Waals surface area contributed by atoms with Crippen LogP contribution in [0.4, 0.5) is 0 Å². The number of Topliss-reactive ketones (excluding diaryl/α,β-unsaturated/α-hetero) is 1. The van der Waals surface area contributed by atoms with Gasteiger partial charge in [0.2, 0.25) is 0 Å². The minimum atomic E-state index is -1.77. The molecule has 0 aliphatic heterocycles. The second kappa shape index (κ2) is 6.76. The van der Waals surface area contributed by atoms with Crippen LogP contribution in [0, 0.1) is 16.7 Å². The molecule has 0 bridgehead atoms. The first kappa shape index (κ1) is 19.4. The third-order valence-electron chi connectivity index (χ3n) is 5.46. The van der Waals surface area contributed by atoms with E-state index in [0.29, 0.717) is 18.1 Å². The summed E-state index contributed by atoms with van der Waals surface area (Å²) in [5.41, 5.74) is 0.924. The van der Waals surface area contributed by atoms with Crippen molar-refractivity contribution in [3.8, 4) is 0 Å². The molecule has 3 heteroatoms. The molecule has 1 aliphatic rings. The quantitative estimate of drug-likeness (QED) is 0.625. The summed E-state index contributed by atoms with van der Waals surface area (Å²) < 4.78 is 6.58. The minimum Gasteiger partial charge on any atom is -0.410 e. The molecule has 0 aromatic heterocycles. The van der Waals surface area contributed by atoms with E-state index in [1.54, 1.807) is 0 Å². The molecule has 1 aromatic carbocycles. The molecule has 1 fully saturated rings. The van der Waals surface area contributed by atoms with Gasteiger partial charge in [-0.3, -0.25) is 4.79 Å². The van der Waals surface area contributed by atoms with Crippen molar-refractivity contribution < 1.29 is 9.22 Å². The number of carbonyl (C=O) groups is 1. The molecule has 0 heterocycles. The number of hydrogen-bond acceptors (Lipinski definition) is 2. The molecular weight excluding hydrogens is 312 g/mol. The molecule has 3 atom stereocenters. The molecular formula is C21H34O2Si. The van der Waals surface area contributed by atoms with E-state index < -0.39 is 13.7 Å². The van der Waals surface area contributed by atoms with E-state index >= 15 is 0 Å². The van der Waals surface area contributed by atoms with Crippen LogP contribution in [0.15, 0.2) is 30.3 Å². The SMILES string of the molecule is CC(C)(C)[C@H]1CC[C@@](C)([C@H](O[Si](C)(C)C)c2ccccc2)C(=O)C1. The zero-order valence-electron chi connectivity index (χ0n) is 16.5. The molecule has 1 aromatic rings. The van der Waals surface area contributed by atoms with Crippen molar-refractivity contribution in [2.45, 2.75) is 72.7 Å². The van der Waals surface area contributed by atoms with Crippen LogP contribution >= 0.6 is 0 Å². The van der Waals surface area contributed by atoms with Crippen LogP contribution in [-0.2, 0) is 9.22 Å². The summed E-state index contributed by atoms with van der Waals surface area (Å²) in [6, 6.07) is 10.3. The lowest BCUT2D eigenvalue weighted by molar-refractivity contribution is -0.141. The number of carbonyl (C=O) groups excluding carboxylic acids is 1. The summed E-state index contributed by atoms with van der Waals surface area (Å²) in [6.45, 7) is 15.5. The Bertz CT molecular complexity index is 568. The predicted octanol–water partition coefficient (Wildman–Crippen LogP) is 6.00. The van der Waals surface area contributed by atoms with Gasteiger partial charge in [-0.1, -0.05) is 51.1 Å². The highest BCUT2D eigenvalue weighted by Gasteiger charge is 2.48. The topological polar surface area (TPSA) is 26.3 Å². The molecule has 2 nitrogen and oxygen atoms in total. The first-order valence-corrected chi connectivity index (χ1v) is 12.6. The highest BCUT2D eigenvalue weighted by atomic mass is 28.4. The second-order valence-electron chi connectivity index (χ2n) is 9.67. The average Bonchev–Trinajstić information content (AvgIpc) is 2.46. The standard InChI is InChI=1S/C21H34O2Si/c1-20(2,3)17-13-14-21(4,18(22)15-17)19(23-24(5,6)7)16-11-9-8-10-12-16/h8-12,17,19H,13-15H2,1-7H3/t17-,19+,21+/m0/s1. The molecule has 0 radical (unpaired) electrons. The van der Waals surface area contributed by atoms with Gasteiger partial charge < -0.3 is 4.43 Å². The fourth-order valence-electron chi connectivity index (χ4n) is 3.74. The fraction of sp³-hybridized carbons (Fsp3) is 0.667. The molecule has 0 saturated heterocycles. The summed E-state index contributed by atoms with van der Waals surface area (Å²) in [7, 11) is -1.77. The van der Waals surface area contributed by atoms with Crippen molar-refractivity contribution in [3.05, 3.63) is 35.9 Å². The van der Waals surface area contributed by atoms with Gasteiger partial charge in [-0.15, -0.1) is 0 Å². The average molecular weight is 347 g/mol. The zero-order valence-corrected chi connectivity index (χ0v) is 17.5. The van der Waals surface area contributed by atoms with E-state index in [1.807, 2.05) is 18.2 Å². The highest BCUT2D eigenvalue weighted by molar-refractivity contribution is 6.69. The van der Waals surface area contributed by atoms with Crippen molar-refractivity contribution in [2.75, 3.05) is 0 Å². The highest BCUT2D eigenvalue weighted by Crippen LogP contribution is 2.50. The van der Waals surface area contributed by atoms with Gasteiger partial charge in [0.15, 0.2) is 8.32 Å². The molecule has 1 saturated carbocycles. The molecule has 1 aliphatic carbocycles. The van der Waals surface area contributed by atoms with Crippen molar-refractivity contribution in [2.24, 2.45) is 16.7 Å². The maximum Gasteiger partial charge on any atom is 0.184 e. The molecule has 24 heavy (non-hydrogen) atoms. The number of benzene rings is 1. The Balaban J connectivity index is 2.34. The number of ketones is 1. The summed E-state index contributed by atoms with van der Waals surface area (Å²) in [5.74, 6) is 0.849. The maximum atomic E-state index is 13.2. The molecule has 0 spiro atoms. The Kier molecular flexibility index (Phi) is 5.46. The largest absolute Gasteiger partial charge is 0.410 e. The molecule has 0 amide bonds. The summed E-state index contributed by atoms with van der Waals surface area (Å²) in [4.78, 5) is 13.2. The van der Waals surface area contributed by atoms with E-state index in [0.717, 1.165) is 18.4 Å². The number of rotatable bonds is 4. The molecule has 134 valence electrons. The lowest BCUT2D eigenvalue weighted by atomic mass is 9.61. The molecule has 0 N–H and O–H groups in total. The minimum absolute atomic E-state index is 0.126. The summed E-state index contributed by atoms with van der Waals surface area (Å²) >= 11 is 0. The lowest BCUT2D eigenvalue weighted by Crippen LogP contribution is -2.45. The monoisotopic (exact) mass is 346 g/mol. The van der Waals surface area contributed by atoms with Gasteiger partial charge in [0.05, 0.1) is 11.5 Å². The third-order valence-corrected chi connectivity index (χ3v) is 6.40. The van der Waals surface area contributed by atoms with Crippen molar-refractivity contribution >= 4 is 14.1 Å². The summed E-state index contributed by atoms with van der Waals surface area (Å²) in [5, 5.41) is 0. The first-order chi connectivity index (χ1) is 10.9. The second-order valence-corrected chi connectivity index (χ2v) is 14.1. The lowest BCUT2D eigenvalue weighted by Gasteiger charge is -2.46. The van der Waals surface area contributed by atoms with Crippen LogP contribution in [0.5, 0.6) is 0 Å². The molecule has 0 unspecified atom stereocenters. The smallest absolute Gasteiger partial charge is 0.184 e. The fourth-order valence-corrected chi connectivity index (χ4v) is 4.84. The van der Waals surface area contributed by atoms with Crippen LogP contribution in [0.3, 0.4) is 0 Å². The van der Waals surface area contributed by atoms with Crippen LogP contribution < -0.4 is 0 Å². The number of hydrogen-bond donors (Lipinski definition) is 0. The van der Waals surface area contributed by atoms with Gasteiger partial charge in [0.25, 0.3) is 0 Å². The van der Waals surface area contributed by atoms with Crippen LogP contribution in [0.1, 0.15) is 58.6 Å². The Labute approximate surface area is 149 Å². The van der Waals surface area contributed by atoms with Gasteiger partial charge in [-0.05, 0) is 56.3 Å². The van der Waals surface area contributed by atoms with E-state index in [9.17, 15) is 4.79 Å². The zero-order chi connectivity index (χ0) is 18.2. The van der Waals surface area contributed by atoms with E-state index in [-0.39, 0.29) is 11.5 Å². The van der Waals surface area contributed by atoms with Gasteiger partial charge in [-0.25, -0.2) is 0 Å². The van der Waals surface area contributed by atoms with E-state index in [1.165, 1.54) is 0 Å². The third kappa shape index (κ3) is 4.37. The molecule has 2 rings (SSSR count). The van der Waals surface area contributed by atoms with E-state index in [2.05, 4.69) is 59.5 Å². The Morgan fingerprint density at radius 3 is 2.21 bits per heavy atom. The van der Waals surface area contributed by atoms with Gasteiger partial charge in [0, 0.05) is 6.42 Å². The Morgan fingerprint density at radius 1 is 1.17 bits per heavy atom. The Morgan fingerprint density at radius 2 is 1.75 bits per heavy atom. The van der Waals surface area contributed by atoms with Crippen molar-refractivity contribution in [1.82, 2.24) is 0 Å². The van der Waals surface area contributed by atoms with E-state index in [4.69, 9.17) is 4.43 Å².